The monoisotopic (exact) mass is 336 g/mol. The lowest BCUT2D eigenvalue weighted by Gasteiger charge is -2.14. The molecule has 2 N–H and O–H groups in total. The molecule has 0 aromatic heterocycles. The molecular formula is C14H16ClF3N2O2. The second kappa shape index (κ2) is 7.49. The van der Waals surface area contributed by atoms with Crippen LogP contribution in [0.3, 0.4) is 0 Å². The topological polar surface area (TPSA) is 58.2 Å². The van der Waals surface area contributed by atoms with E-state index >= 15 is 0 Å². The maximum atomic E-state index is 12.9. The summed E-state index contributed by atoms with van der Waals surface area (Å²) in [5.74, 6) is -1.81. The maximum Gasteiger partial charge on any atom is 0.418 e. The maximum absolute atomic E-state index is 12.9. The largest absolute Gasteiger partial charge is 0.418 e. The van der Waals surface area contributed by atoms with Crippen molar-refractivity contribution in [2.24, 2.45) is 5.92 Å². The van der Waals surface area contributed by atoms with Crippen molar-refractivity contribution in [3.8, 4) is 0 Å². The highest BCUT2D eigenvalue weighted by molar-refractivity contribution is 6.39. The number of benzene rings is 1. The molecule has 2 amide bonds. The van der Waals surface area contributed by atoms with Gasteiger partial charge in [-0.2, -0.15) is 13.2 Å². The summed E-state index contributed by atoms with van der Waals surface area (Å²) in [7, 11) is 0. The summed E-state index contributed by atoms with van der Waals surface area (Å²) in [5.41, 5.74) is -1.62. The van der Waals surface area contributed by atoms with Gasteiger partial charge in [-0.05, 0) is 30.5 Å². The van der Waals surface area contributed by atoms with E-state index in [-0.39, 0.29) is 11.6 Å². The number of rotatable bonds is 4. The molecule has 0 atom stereocenters. The molecule has 122 valence electrons. The number of halogens is 4. The van der Waals surface area contributed by atoms with Crippen LogP contribution in [0.5, 0.6) is 0 Å². The predicted molar refractivity (Wildman–Crippen MR) is 77.5 cm³/mol. The number of hydrogen-bond donors (Lipinski definition) is 2. The van der Waals surface area contributed by atoms with Crippen LogP contribution in [0, 0.1) is 5.92 Å². The predicted octanol–water partition coefficient (Wildman–Crippen LogP) is 3.46. The Morgan fingerprint density at radius 3 is 2.41 bits per heavy atom. The molecule has 0 spiro atoms. The fourth-order valence-corrected chi connectivity index (χ4v) is 1.77. The Morgan fingerprint density at radius 1 is 1.23 bits per heavy atom. The first-order valence-corrected chi connectivity index (χ1v) is 6.95. The third kappa shape index (κ3) is 5.55. The Kier molecular flexibility index (Phi) is 6.22. The van der Waals surface area contributed by atoms with Crippen molar-refractivity contribution in [1.82, 2.24) is 5.32 Å². The van der Waals surface area contributed by atoms with E-state index in [0.717, 1.165) is 6.07 Å². The zero-order valence-electron chi connectivity index (χ0n) is 12.1. The molecule has 1 aromatic carbocycles. The van der Waals surface area contributed by atoms with Crippen LogP contribution in [0.15, 0.2) is 18.2 Å². The van der Waals surface area contributed by atoms with E-state index in [1.54, 1.807) is 0 Å². The molecule has 0 bridgehead atoms. The number of nitrogens with one attached hydrogen (secondary N) is 2. The summed E-state index contributed by atoms with van der Waals surface area (Å²) in [6, 6.07) is 2.89. The zero-order valence-corrected chi connectivity index (χ0v) is 12.8. The van der Waals surface area contributed by atoms with Gasteiger partial charge in [0.05, 0.1) is 11.3 Å². The highest BCUT2D eigenvalue weighted by Gasteiger charge is 2.34. The Bertz CT molecular complexity index is 560. The van der Waals surface area contributed by atoms with Crippen molar-refractivity contribution < 1.29 is 22.8 Å². The first-order chi connectivity index (χ1) is 10.1. The van der Waals surface area contributed by atoms with Gasteiger partial charge in [0.2, 0.25) is 0 Å². The number of alkyl halides is 3. The molecule has 0 radical (unpaired) electrons. The van der Waals surface area contributed by atoms with Crippen molar-refractivity contribution in [2.45, 2.75) is 26.4 Å². The molecule has 4 nitrogen and oxygen atoms in total. The molecule has 1 aromatic rings. The van der Waals surface area contributed by atoms with Crippen molar-refractivity contribution >= 4 is 29.1 Å². The van der Waals surface area contributed by atoms with E-state index in [9.17, 15) is 22.8 Å². The molecular weight excluding hydrogens is 321 g/mol. The van der Waals surface area contributed by atoms with Gasteiger partial charge in [0.15, 0.2) is 0 Å². The Morgan fingerprint density at radius 2 is 1.86 bits per heavy atom. The molecule has 0 heterocycles. The quantitative estimate of drug-likeness (QED) is 0.827. The molecule has 0 saturated carbocycles. The summed E-state index contributed by atoms with van der Waals surface area (Å²) in [6.07, 6.45) is -4.03. The molecule has 0 saturated heterocycles. The fraction of sp³-hybridized carbons (Fsp3) is 0.429. The van der Waals surface area contributed by atoms with E-state index in [2.05, 4.69) is 5.32 Å². The zero-order chi connectivity index (χ0) is 16.9. The van der Waals surface area contributed by atoms with Crippen molar-refractivity contribution in [3.63, 3.8) is 0 Å². The van der Waals surface area contributed by atoms with Crippen molar-refractivity contribution in [3.05, 3.63) is 28.8 Å². The lowest BCUT2D eigenvalue weighted by Crippen LogP contribution is -2.36. The summed E-state index contributed by atoms with van der Waals surface area (Å²) in [4.78, 5) is 23.2. The van der Waals surface area contributed by atoms with E-state index in [0.29, 0.717) is 18.4 Å². The van der Waals surface area contributed by atoms with Gasteiger partial charge < -0.3 is 10.6 Å². The number of carbonyl (C=O) groups is 2. The number of amides is 2. The standard InChI is InChI=1S/C14H16ClF3N2O2/c1-8(2)5-6-19-12(21)13(22)20-11-4-3-9(15)7-10(11)14(16,17)18/h3-4,7-8H,5-6H2,1-2H3,(H,19,21)(H,20,22). The molecule has 8 heteroatoms. The third-order valence-electron chi connectivity index (χ3n) is 2.75. The van der Waals surface area contributed by atoms with Gasteiger partial charge in [-0.1, -0.05) is 25.4 Å². The van der Waals surface area contributed by atoms with Crippen LogP contribution in [0.2, 0.25) is 5.02 Å². The van der Waals surface area contributed by atoms with Crippen molar-refractivity contribution in [1.29, 1.82) is 0 Å². The Labute approximate surface area is 131 Å². The van der Waals surface area contributed by atoms with Crippen LogP contribution < -0.4 is 10.6 Å². The van der Waals surface area contributed by atoms with Gasteiger partial charge in [-0.15, -0.1) is 0 Å². The minimum atomic E-state index is -4.69. The molecule has 0 fully saturated rings. The smallest absolute Gasteiger partial charge is 0.348 e. The average Bonchev–Trinajstić information content (AvgIpc) is 2.39. The van der Waals surface area contributed by atoms with E-state index < -0.39 is 29.2 Å². The van der Waals surface area contributed by atoms with Crippen LogP contribution >= 0.6 is 11.6 Å². The van der Waals surface area contributed by atoms with Gasteiger partial charge in [0.1, 0.15) is 0 Å². The van der Waals surface area contributed by atoms with E-state index in [1.165, 1.54) is 6.07 Å². The molecule has 0 aliphatic heterocycles. The number of carbonyl (C=O) groups excluding carboxylic acids is 2. The average molecular weight is 337 g/mol. The van der Waals surface area contributed by atoms with Crippen LogP contribution in [0.1, 0.15) is 25.8 Å². The van der Waals surface area contributed by atoms with Gasteiger partial charge in [0.25, 0.3) is 0 Å². The number of hydrogen-bond acceptors (Lipinski definition) is 2. The van der Waals surface area contributed by atoms with Crippen LogP contribution in [-0.4, -0.2) is 18.4 Å². The summed E-state index contributed by atoms with van der Waals surface area (Å²) >= 11 is 5.53. The second-order valence-electron chi connectivity index (χ2n) is 5.08. The molecule has 0 aliphatic rings. The van der Waals surface area contributed by atoms with E-state index in [4.69, 9.17) is 11.6 Å². The summed E-state index contributed by atoms with van der Waals surface area (Å²) < 4.78 is 38.6. The summed E-state index contributed by atoms with van der Waals surface area (Å²) in [5, 5.41) is 4.18. The molecule has 0 aliphatic carbocycles. The van der Waals surface area contributed by atoms with Crippen molar-refractivity contribution in [2.75, 3.05) is 11.9 Å². The minimum Gasteiger partial charge on any atom is -0.348 e. The first kappa shape index (κ1) is 18.3. The molecule has 1 rings (SSSR count). The summed E-state index contributed by atoms with van der Waals surface area (Å²) in [6.45, 7) is 4.15. The fourth-order valence-electron chi connectivity index (χ4n) is 1.59. The number of anilines is 1. The normalized spacial score (nSPS) is 11.4. The Balaban J connectivity index is 2.78. The molecule has 22 heavy (non-hydrogen) atoms. The third-order valence-corrected chi connectivity index (χ3v) is 2.98. The Hall–Kier alpha value is -1.76. The van der Waals surface area contributed by atoms with E-state index in [1.807, 2.05) is 19.2 Å². The van der Waals surface area contributed by atoms with Crippen LogP contribution in [0.4, 0.5) is 18.9 Å². The van der Waals surface area contributed by atoms with Crippen LogP contribution in [0.25, 0.3) is 0 Å². The first-order valence-electron chi connectivity index (χ1n) is 6.57. The van der Waals surface area contributed by atoms with Crippen LogP contribution in [-0.2, 0) is 15.8 Å². The van der Waals surface area contributed by atoms with Gasteiger partial charge in [-0.25, -0.2) is 0 Å². The minimum absolute atomic E-state index is 0.119. The van der Waals surface area contributed by atoms with Gasteiger partial charge in [0, 0.05) is 11.6 Å². The van der Waals surface area contributed by atoms with Gasteiger partial charge in [-0.3, -0.25) is 9.59 Å². The second-order valence-corrected chi connectivity index (χ2v) is 5.52. The SMILES string of the molecule is CC(C)CCNC(=O)C(=O)Nc1ccc(Cl)cc1C(F)(F)F. The highest BCUT2D eigenvalue weighted by Crippen LogP contribution is 2.36. The lowest BCUT2D eigenvalue weighted by atomic mass is 10.1. The highest BCUT2D eigenvalue weighted by atomic mass is 35.5. The lowest BCUT2D eigenvalue weighted by molar-refractivity contribution is -0.138. The van der Waals surface area contributed by atoms with Gasteiger partial charge >= 0.3 is 18.0 Å². The molecule has 0 unspecified atom stereocenters.